The van der Waals surface area contributed by atoms with Gasteiger partial charge in [0, 0.05) is 30.1 Å². The molecule has 3 saturated carbocycles. The summed E-state index contributed by atoms with van der Waals surface area (Å²) in [5.74, 6) is -1.63. The average Bonchev–Trinajstić information content (AvgIpc) is 2.87. The van der Waals surface area contributed by atoms with Gasteiger partial charge in [-0.05, 0) is 49.2 Å². The van der Waals surface area contributed by atoms with Crippen molar-refractivity contribution in [3.8, 4) is 0 Å². The number of ether oxygens (including phenoxy) is 1. The summed E-state index contributed by atoms with van der Waals surface area (Å²) in [6.07, 6.45) is 7.37. The van der Waals surface area contributed by atoms with Gasteiger partial charge in [-0.2, -0.15) is 0 Å². The van der Waals surface area contributed by atoms with Gasteiger partial charge in [0.15, 0.2) is 12.4 Å². The van der Waals surface area contributed by atoms with E-state index in [4.69, 9.17) is 4.74 Å². The molecule has 30 heavy (non-hydrogen) atoms. The third-order valence-electron chi connectivity index (χ3n) is 8.67. The van der Waals surface area contributed by atoms with Crippen LogP contribution in [0.4, 0.5) is 0 Å². The lowest BCUT2D eigenvalue weighted by Gasteiger charge is -2.56. The number of aliphatic hydroxyl groups is 1. The van der Waals surface area contributed by atoms with E-state index in [1.807, 2.05) is 26.8 Å². The first-order valence-electron chi connectivity index (χ1n) is 10.8. The summed E-state index contributed by atoms with van der Waals surface area (Å²) in [5, 5.41) is 11.7. The van der Waals surface area contributed by atoms with Crippen molar-refractivity contribution >= 4 is 23.3 Å². The fourth-order valence-corrected chi connectivity index (χ4v) is 7.24. The van der Waals surface area contributed by atoms with Gasteiger partial charge in [-0.3, -0.25) is 19.2 Å². The van der Waals surface area contributed by atoms with E-state index < -0.39 is 34.8 Å². The molecule has 7 atom stereocenters. The number of carbonyl (C=O) groups excluding carboxylic acids is 4. The van der Waals surface area contributed by atoms with Gasteiger partial charge < -0.3 is 9.84 Å². The zero-order valence-corrected chi connectivity index (χ0v) is 18.1. The first-order chi connectivity index (χ1) is 13.9. The molecular formula is C24H30O6. The van der Waals surface area contributed by atoms with Crippen LogP contribution in [-0.4, -0.2) is 40.6 Å². The van der Waals surface area contributed by atoms with Crippen molar-refractivity contribution in [2.45, 2.75) is 59.0 Å². The molecule has 0 aromatic carbocycles. The molecule has 0 aromatic heterocycles. The van der Waals surface area contributed by atoms with Gasteiger partial charge in [0.25, 0.3) is 0 Å². The van der Waals surface area contributed by atoms with Crippen LogP contribution in [0.5, 0.6) is 0 Å². The highest BCUT2D eigenvalue weighted by atomic mass is 16.5. The molecule has 0 amide bonds. The van der Waals surface area contributed by atoms with Gasteiger partial charge in [0.2, 0.25) is 5.78 Å². The number of fused-ring (bicyclic) bond motifs is 5. The van der Waals surface area contributed by atoms with Crippen LogP contribution in [0.15, 0.2) is 23.8 Å². The van der Waals surface area contributed by atoms with Gasteiger partial charge in [0.05, 0.1) is 0 Å². The minimum Gasteiger partial charge on any atom is -0.458 e. The lowest BCUT2D eigenvalue weighted by atomic mass is 9.46. The molecule has 0 aliphatic heterocycles. The summed E-state index contributed by atoms with van der Waals surface area (Å²) < 4.78 is 4.90. The smallest absolute Gasteiger partial charge is 0.303 e. The van der Waals surface area contributed by atoms with Gasteiger partial charge in [-0.15, -0.1) is 0 Å². The zero-order chi connectivity index (χ0) is 22.1. The Morgan fingerprint density at radius 3 is 2.63 bits per heavy atom. The summed E-state index contributed by atoms with van der Waals surface area (Å²) in [6.45, 7) is 6.50. The van der Waals surface area contributed by atoms with Crippen molar-refractivity contribution in [2.24, 2.45) is 34.5 Å². The minimum absolute atomic E-state index is 0.00545. The maximum absolute atomic E-state index is 13.5. The molecule has 4 rings (SSSR count). The Morgan fingerprint density at radius 2 is 1.97 bits per heavy atom. The molecule has 0 spiro atoms. The topological polar surface area (TPSA) is 97.7 Å². The lowest BCUT2D eigenvalue weighted by molar-refractivity contribution is -0.176. The van der Waals surface area contributed by atoms with E-state index >= 15 is 0 Å². The predicted molar refractivity (Wildman–Crippen MR) is 108 cm³/mol. The second-order valence-corrected chi connectivity index (χ2v) is 10.1. The molecule has 6 heteroatoms. The second kappa shape index (κ2) is 6.71. The van der Waals surface area contributed by atoms with E-state index in [2.05, 4.69) is 0 Å². The van der Waals surface area contributed by atoms with Crippen molar-refractivity contribution < 1.29 is 29.0 Å². The highest BCUT2D eigenvalue weighted by molar-refractivity contribution is 6.02. The van der Waals surface area contributed by atoms with Gasteiger partial charge in [0.1, 0.15) is 11.4 Å². The molecule has 1 unspecified atom stereocenters. The summed E-state index contributed by atoms with van der Waals surface area (Å²) in [4.78, 5) is 49.7. The summed E-state index contributed by atoms with van der Waals surface area (Å²) in [6, 6.07) is 0. The zero-order valence-electron chi connectivity index (χ0n) is 18.1. The SMILES string of the molecule is CC(=O)OCC(=O)[C@@]1(O)C(C)C[C@H]2[C@@H]3CCC4=CC(=O)C=C[C@]4(C)[C@H]3C(=O)C[C@@]21C. The molecule has 1 N–H and O–H groups in total. The molecular weight excluding hydrogens is 384 g/mol. The molecule has 0 heterocycles. The second-order valence-electron chi connectivity index (χ2n) is 10.1. The number of hydrogen-bond acceptors (Lipinski definition) is 6. The van der Waals surface area contributed by atoms with Crippen LogP contribution < -0.4 is 0 Å². The molecule has 162 valence electrons. The number of hydrogen-bond donors (Lipinski definition) is 1. The Morgan fingerprint density at radius 1 is 1.27 bits per heavy atom. The first-order valence-corrected chi connectivity index (χ1v) is 10.8. The highest BCUT2D eigenvalue weighted by Gasteiger charge is 2.70. The lowest BCUT2D eigenvalue weighted by Crippen LogP contribution is -2.62. The molecule has 3 fully saturated rings. The van der Waals surface area contributed by atoms with Crippen molar-refractivity contribution in [1.29, 1.82) is 0 Å². The number of Topliss-reactive ketones (excluding diaryl/α,β-unsaturated/α-hetero) is 2. The minimum atomic E-state index is -1.71. The van der Waals surface area contributed by atoms with E-state index in [-0.39, 0.29) is 41.7 Å². The number of ketones is 3. The molecule has 0 aromatic rings. The van der Waals surface area contributed by atoms with Crippen molar-refractivity contribution in [2.75, 3.05) is 6.61 Å². The van der Waals surface area contributed by atoms with E-state index in [0.29, 0.717) is 6.42 Å². The van der Waals surface area contributed by atoms with E-state index in [1.54, 1.807) is 12.2 Å². The molecule has 0 bridgehead atoms. The Balaban J connectivity index is 1.71. The third kappa shape index (κ3) is 2.65. The Kier molecular flexibility index (Phi) is 4.73. The van der Waals surface area contributed by atoms with E-state index in [1.165, 1.54) is 6.92 Å². The standard InChI is InChI=1S/C24H30O6/c1-13-9-18-17-6-5-15-10-16(26)7-8-22(15,3)21(17)19(27)11-23(18,4)24(13,29)20(28)12-30-14(2)25/h7-8,10,13,17-18,21,29H,5-6,9,11-12H2,1-4H3/t13?,17-,18-,21+,22-,23-,24-/m0/s1. The van der Waals surface area contributed by atoms with Gasteiger partial charge in [-0.25, -0.2) is 0 Å². The maximum Gasteiger partial charge on any atom is 0.303 e. The Hall–Kier alpha value is -2.08. The third-order valence-corrected chi connectivity index (χ3v) is 8.67. The fourth-order valence-electron chi connectivity index (χ4n) is 7.24. The van der Waals surface area contributed by atoms with Crippen LogP contribution >= 0.6 is 0 Å². The van der Waals surface area contributed by atoms with Crippen LogP contribution in [-0.2, 0) is 23.9 Å². The van der Waals surface area contributed by atoms with Gasteiger partial charge in [-0.1, -0.05) is 32.4 Å². The van der Waals surface area contributed by atoms with Crippen LogP contribution in [0.25, 0.3) is 0 Å². The van der Waals surface area contributed by atoms with Crippen LogP contribution in [0.2, 0.25) is 0 Å². The number of allylic oxidation sites excluding steroid dienone is 4. The normalized spacial score (nSPS) is 44.6. The van der Waals surface area contributed by atoms with Crippen LogP contribution in [0, 0.1) is 34.5 Å². The van der Waals surface area contributed by atoms with Crippen LogP contribution in [0.1, 0.15) is 53.4 Å². The van der Waals surface area contributed by atoms with Gasteiger partial charge >= 0.3 is 5.97 Å². The Labute approximate surface area is 176 Å². The van der Waals surface area contributed by atoms with E-state index in [0.717, 1.165) is 18.4 Å². The summed E-state index contributed by atoms with van der Waals surface area (Å²) in [5.41, 5.74) is -2.07. The number of carbonyl (C=O) groups is 4. The molecule has 4 aliphatic carbocycles. The summed E-state index contributed by atoms with van der Waals surface area (Å²) in [7, 11) is 0. The average molecular weight is 414 g/mol. The van der Waals surface area contributed by atoms with E-state index in [9.17, 15) is 24.3 Å². The molecule has 6 nitrogen and oxygen atoms in total. The first kappa shape index (κ1) is 21.2. The Bertz CT molecular complexity index is 899. The molecule has 4 aliphatic rings. The predicted octanol–water partition coefficient (Wildman–Crippen LogP) is 2.58. The highest BCUT2D eigenvalue weighted by Crippen LogP contribution is 2.67. The molecule has 0 radical (unpaired) electrons. The quantitative estimate of drug-likeness (QED) is 0.713. The van der Waals surface area contributed by atoms with Crippen molar-refractivity contribution in [1.82, 2.24) is 0 Å². The number of esters is 1. The van der Waals surface area contributed by atoms with Crippen molar-refractivity contribution in [3.05, 3.63) is 23.8 Å². The van der Waals surface area contributed by atoms with Crippen molar-refractivity contribution in [3.63, 3.8) is 0 Å². The number of rotatable bonds is 3. The fraction of sp³-hybridized carbons (Fsp3) is 0.667. The monoisotopic (exact) mass is 414 g/mol. The molecule has 0 saturated heterocycles. The largest absolute Gasteiger partial charge is 0.458 e. The summed E-state index contributed by atoms with van der Waals surface area (Å²) >= 11 is 0. The van der Waals surface area contributed by atoms with Crippen LogP contribution in [0.3, 0.4) is 0 Å². The maximum atomic E-state index is 13.5.